The van der Waals surface area contributed by atoms with Crippen LogP contribution in [0.3, 0.4) is 0 Å². The summed E-state index contributed by atoms with van der Waals surface area (Å²) in [5.74, 6) is 1.17. The SMILES string of the molecule is S=c1[nH]ncn1/N=C\c1ccc(-c2cc(Cl)ccc2Cl)o1. The highest BCUT2D eigenvalue weighted by molar-refractivity contribution is 7.71. The number of nitrogens with one attached hydrogen (secondary N) is 1. The fourth-order valence-electron chi connectivity index (χ4n) is 1.70. The normalized spacial score (nSPS) is 11.3. The van der Waals surface area contributed by atoms with Gasteiger partial charge in [0.2, 0.25) is 4.77 Å². The lowest BCUT2D eigenvalue weighted by Gasteiger charge is -2.00. The second-order valence-corrected chi connectivity index (χ2v) is 5.31. The smallest absolute Gasteiger partial charge is 0.216 e. The lowest BCUT2D eigenvalue weighted by Crippen LogP contribution is -1.87. The summed E-state index contributed by atoms with van der Waals surface area (Å²) in [5, 5.41) is 11.6. The molecule has 2 aromatic heterocycles. The summed E-state index contributed by atoms with van der Waals surface area (Å²) in [4.78, 5) is 0. The Kier molecular flexibility index (Phi) is 3.92. The molecule has 1 N–H and O–H groups in total. The van der Waals surface area contributed by atoms with Gasteiger partial charge in [0, 0.05) is 10.6 Å². The molecular formula is C13H8Cl2N4OS. The molecule has 21 heavy (non-hydrogen) atoms. The summed E-state index contributed by atoms with van der Waals surface area (Å²) < 4.78 is 7.49. The number of H-pyrrole nitrogens is 1. The van der Waals surface area contributed by atoms with Crippen molar-refractivity contribution >= 4 is 41.6 Å². The number of aromatic nitrogens is 3. The molecule has 0 atom stereocenters. The average molecular weight is 339 g/mol. The van der Waals surface area contributed by atoms with Crippen LogP contribution in [0.4, 0.5) is 0 Å². The fourth-order valence-corrected chi connectivity index (χ4v) is 2.23. The molecule has 0 fully saturated rings. The Bertz CT molecular complexity index is 865. The predicted molar refractivity (Wildman–Crippen MR) is 84.6 cm³/mol. The van der Waals surface area contributed by atoms with E-state index in [1.807, 2.05) is 0 Å². The van der Waals surface area contributed by atoms with Gasteiger partial charge in [-0.1, -0.05) is 23.2 Å². The maximum atomic E-state index is 6.14. The van der Waals surface area contributed by atoms with Crippen LogP contribution in [-0.4, -0.2) is 21.1 Å². The van der Waals surface area contributed by atoms with E-state index >= 15 is 0 Å². The summed E-state index contributed by atoms with van der Waals surface area (Å²) in [5.41, 5.74) is 0.726. The standard InChI is InChI=1S/C13H8Cl2N4OS/c14-8-1-3-11(15)10(5-8)12-4-2-9(20-12)6-17-19-7-16-18-13(19)21/h1-7H,(H,18,21)/b17-6-. The molecule has 0 amide bonds. The molecule has 2 heterocycles. The van der Waals surface area contributed by atoms with Crippen LogP contribution in [0.2, 0.25) is 10.0 Å². The Labute approximate surface area is 134 Å². The van der Waals surface area contributed by atoms with Gasteiger partial charge >= 0.3 is 0 Å². The van der Waals surface area contributed by atoms with Gasteiger partial charge < -0.3 is 4.42 Å². The molecular weight excluding hydrogens is 331 g/mol. The number of hydrogen-bond acceptors (Lipinski definition) is 4. The molecule has 0 aliphatic rings. The molecule has 106 valence electrons. The Morgan fingerprint density at radius 3 is 2.90 bits per heavy atom. The maximum absolute atomic E-state index is 6.14. The molecule has 0 aliphatic carbocycles. The van der Waals surface area contributed by atoms with Gasteiger partial charge in [0.05, 0.1) is 11.2 Å². The third kappa shape index (κ3) is 3.07. The predicted octanol–water partition coefficient (Wildman–Crippen LogP) is 4.39. The molecule has 0 spiro atoms. The van der Waals surface area contributed by atoms with Crippen molar-refractivity contribution in [3.8, 4) is 11.3 Å². The van der Waals surface area contributed by atoms with Crippen LogP contribution in [0.5, 0.6) is 0 Å². The molecule has 0 bridgehead atoms. The van der Waals surface area contributed by atoms with Crippen molar-refractivity contribution in [1.82, 2.24) is 14.9 Å². The second-order valence-electron chi connectivity index (χ2n) is 4.08. The van der Waals surface area contributed by atoms with Crippen LogP contribution in [0.15, 0.2) is 46.2 Å². The van der Waals surface area contributed by atoms with Gasteiger partial charge in [-0.25, -0.2) is 0 Å². The molecule has 0 unspecified atom stereocenters. The van der Waals surface area contributed by atoms with Crippen molar-refractivity contribution in [2.75, 3.05) is 0 Å². The maximum Gasteiger partial charge on any atom is 0.216 e. The molecule has 3 rings (SSSR count). The number of benzene rings is 1. The third-order valence-corrected chi connectivity index (χ3v) is 3.51. The zero-order chi connectivity index (χ0) is 14.8. The van der Waals surface area contributed by atoms with Gasteiger partial charge in [-0.15, -0.1) is 0 Å². The van der Waals surface area contributed by atoms with E-state index in [9.17, 15) is 0 Å². The molecule has 0 saturated heterocycles. The number of nitrogens with zero attached hydrogens (tertiary/aromatic N) is 3. The quantitative estimate of drug-likeness (QED) is 0.569. The first-order valence-corrected chi connectivity index (χ1v) is 7.01. The van der Waals surface area contributed by atoms with E-state index in [2.05, 4.69) is 15.3 Å². The van der Waals surface area contributed by atoms with E-state index in [4.69, 9.17) is 39.8 Å². The average Bonchev–Trinajstić information content (AvgIpc) is 3.08. The molecule has 0 saturated carbocycles. The van der Waals surface area contributed by atoms with Gasteiger partial charge in [0.25, 0.3) is 0 Å². The zero-order valence-electron chi connectivity index (χ0n) is 10.5. The van der Waals surface area contributed by atoms with Crippen LogP contribution in [0.25, 0.3) is 11.3 Å². The molecule has 0 radical (unpaired) electrons. The molecule has 3 aromatic rings. The number of rotatable bonds is 3. The summed E-state index contributed by atoms with van der Waals surface area (Å²) in [6.45, 7) is 0. The minimum Gasteiger partial charge on any atom is -0.455 e. The lowest BCUT2D eigenvalue weighted by molar-refractivity contribution is 0.574. The first-order valence-electron chi connectivity index (χ1n) is 5.85. The van der Waals surface area contributed by atoms with Crippen molar-refractivity contribution < 1.29 is 4.42 Å². The van der Waals surface area contributed by atoms with Gasteiger partial charge in [0.15, 0.2) is 0 Å². The van der Waals surface area contributed by atoms with E-state index in [-0.39, 0.29) is 0 Å². The van der Waals surface area contributed by atoms with Crippen LogP contribution in [0.1, 0.15) is 5.76 Å². The fraction of sp³-hybridized carbons (Fsp3) is 0. The van der Waals surface area contributed by atoms with Crippen molar-refractivity contribution in [3.63, 3.8) is 0 Å². The van der Waals surface area contributed by atoms with E-state index in [0.29, 0.717) is 26.3 Å². The van der Waals surface area contributed by atoms with Crippen LogP contribution in [0, 0.1) is 4.77 Å². The number of aromatic amines is 1. The van der Waals surface area contributed by atoms with Gasteiger partial charge in [-0.2, -0.15) is 14.9 Å². The Balaban J connectivity index is 1.90. The molecule has 0 aliphatic heterocycles. The highest BCUT2D eigenvalue weighted by Gasteiger charge is 2.08. The van der Waals surface area contributed by atoms with Crippen molar-refractivity contribution in [1.29, 1.82) is 0 Å². The molecule has 5 nitrogen and oxygen atoms in total. The van der Waals surface area contributed by atoms with Gasteiger partial charge in [-0.3, -0.25) is 5.10 Å². The summed E-state index contributed by atoms with van der Waals surface area (Å²) in [6, 6.07) is 8.77. The van der Waals surface area contributed by atoms with E-state index in [1.165, 1.54) is 17.2 Å². The monoisotopic (exact) mass is 338 g/mol. The Hall–Kier alpha value is -1.89. The number of furan rings is 1. The number of hydrogen-bond donors (Lipinski definition) is 1. The first kappa shape index (κ1) is 14.1. The minimum absolute atomic E-state index is 0.399. The van der Waals surface area contributed by atoms with Crippen LogP contribution >= 0.6 is 35.4 Å². The van der Waals surface area contributed by atoms with Crippen LogP contribution < -0.4 is 0 Å². The van der Waals surface area contributed by atoms with Crippen molar-refractivity contribution in [3.05, 3.63) is 57.2 Å². The van der Waals surface area contributed by atoms with Crippen molar-refractivity contribution in [2.45, 2.75) is 0 Å². The van der Waals surface area contributed by atoms with Crippen molar-refractivity contribution in [2.24, 2.45) is 5.10 Å². The zero-order valence-corrected chi connectivity index (χ0v) is 12.8. The van der Waals surface area contributed by atoms with Gasteiger partial charge in [0.1, 0.15) is 17.8 Å². The Morgan fingerprint density at radius 1 is 1.29 bits per heavy atom. The summed E-state index contributed by atoms with van der Waals surface area (Å²) >= 11 is 17.1. The van der Waals surface area contributed by atoms with Crippen LogP contribution in [-0.2, 0) is 0 Å². The third-order valence-electron chi connectivity index (χ3n) is 2.67. The lowest BCUT2D eigenvalue weighted by atomic mass is 10.2. The largest absolute Gasteiger partial charge is 0.455 e. The topological polar surface area (TPSA) is 59.1 Å². The number of halogens is 2. The Morgan fingerprint density at radius 2 is 2.14 bits per heavy atom. The molecule has 8 heteroatoms. The highest BCUT2D eigenvalue weighted by atomic mass is 35.5. The highest BCUT2D eigenvalue weighted by Crippen LogP contribution is 2.31. The van der Waals surface area contributed by atoms with E-state index in [1.54, 1.807) is 30.3 Å². The summed E-state index contributed by atoms with van der Waals surface area (Å²) in [6.07, 6.45) is 3.00. The molecule has 1 aromatic carbocycles. The van der Waals surface area contributed by atoms with E-state index < -0.39 is 0 Å². The van der Waals surface area contributed by atoms with E-state index in [0.717, 1.165) is 5.56 Å². The first-order chi connectivity index (χ1) is 10.1. The second kappa shape index (κ2) is 5.85. The summed E-state index contributed by atoms with van der Waals surface area (Å²) in [7, 11) is 0. The van der Waals surface area contributed by atoms with Gasteiger partial charge in [-0.05, 0) is 42.5 Å². The minimum atomic E-state index is 0.399.